The maximum atomic E-state index is 13.0. The molecule has 464 valence electrons. The summed E-state index contributed by atoms with van der Waals surface area (Å²) in [5.41, 5.74) is 0. The van der Waals surface area contributed by atoms with E-state index in [1.54, 1.807) is 0 Å². The summed E-state index contributed by atoms with van der Waals surface area (Å²) in [4.78, 5) is 25.6. The van der Waals surface area contributed by atoms with Crippen molar-refractivity contribution >= 4 is 13.7 Å². The first kappa shape index (κ1) is 77.6. The fraction of sp³-hybridized carbons (Fsp3) is 0.681. The Morgan fingerprint density at radius 3 is 1.10 bits per heavy atom. The van der Waals surface area contributed by atoms with Gasteiger partial charge in [-0.1, -0.05) is 295 Å². The van der Waals surface area contributed by atoms with E-state index in [2.05, 4.69) is 153 Å². The van der Waals surface area contributed by atoms with Crippen molar-refractivity contribution < 1.29 is 32.9 Å². The lowest BCUT2D eigenvalue weighted by Crippen LogP contribution is -2.46. The number of nitrogens with zero attached hydrogens (tertiary/aromatic N) is 1. The van der Waals surface area contributed by atoms with Crippen LogP contribution in [0.4, 0.5) is 0 Å². The number of phosphoric ester groups is 1. The van der Waals surface area contributed by atoms with Crippen molar-refractivity contribution in [1.82, 2.24) is 5.32 Å². The van der Waals surface area contributed by atoms with Gasteiger partial charge < -0.3 is 28.8 Å². The Morgan fingerprint density at radius 2 is 0.753 bits per heavy atom. The smallest absolute Gasteiger partial charge is 0.268 e. The number of hydrogen-bond donors (Lipinski definition) is 2. The summed E-state index contributed by atoms with van der Waals surface area (Å²) in [5, 5.41) is 14.0. The predicted molar refractivity (Wildman–Crippen MR) is 352 cm³/mol. The molecule has 0 aromatic heterocycles. The predicted octanol–water partition coefficient (Wildman–Crippen LogP) is 20.4. The van der Waals surface area contributed by atoms with Crippen LogP contribution in [0.3, 0.4) is 0 Å². The molecular formula is C72H125N2O6P. The molecule has 0 saturated heterocycles. The standard InChI is InChI=1S/C72H125N2O6P/c1-6-8-10-12-14-16-18-20-22-24-26-28-29-30-31-32-33-34-35-36-37-38-39-40-41-42-43-44-45-46-48-50-52-54-56-58-60-62-64-66-72(76)73-70(69-80-81(77,78)79-68-67-74(3,4)5)71(75)65-63-61-59-57-55-53-51-49-47-27-25-23-21-19-17-15-13-11-9-7-2/h8,10,14,16,20,22,26,28,30-31,33-34,36-37,39-40,42-43,45-46,50,52,70-71,75H,6-7,9,11-13,15,17-19,21,23-25,27,29,32,35,38,41,44,47-49,51,53-69H2,1-5H3,(H-,73,76,77,78)/b10-8-,16-14-,22-20-,28-26-,31-30-,34-33-,37-36-,40-39-,43-42-,46-45-,52-50-. The van der Waals surface area contributed by atoms with Crippen LogP contribution in [0, 0.1) is 0 Å². The highest BCUT2D eigenvalue weighted by atomic mass is 31.2. The first-order valence-corrected chi connectivity index (χ1v) is 34.5. The van der Waals surface area contributed by atoms with Crippen LogP contribution < -0.4 is 10.2 Å². The number of carbonyl (C=O) groups excluding carboxylic acids is 1. The molecule has 0 rings (SSSR count). The van der Waals surface area contributed by atoms with Gasteiger partial charge in [-0.25, -0.2) is 0 Å². The molecule has 9 heteroatoms. The molecule has 0 aliphatic rings. The van der Waals surface area contributed by atoms with Crippen LogP contribution in [0.2, 0.25) is 0 Å². The molecular weight excluding hydrogens is 1020 g/mol. The number of aliphatic hydroxyl groups excluding tert-OH is 1. The first-order chi connectivity index (χ1) is 39.5. The average Bonchev–Trinajstić information content (AvgIpc) is 3.43. The first-order valence-electron chi connectivity index (χ1n) is 33.0. The highest BCUT2D eigenvalue weighted by Gasteiger charge is 2.24. The Balaban J connectivity index is 4.18. The van der Waals surface area contributed by atoms with Gasteiger partial charge in [0.1, 0.15) is 13.2 Å². The van der Waals surface area contributed by atoms with Crippen LogP contribution in [-0.4, -0.2) is 68.5 Å². The second-order valence-corrected chi connectivity index (χ2v) is 24.5. The largest absolute Gasteiger partial charge is 0.756 e. The monoisotopic (exact) mass is 1140 g/mol. The lowest BCUT2D eigenvalue weighted by molar-refractivity contribution is -0.870. The Kier molecular flexibility index (Phi) is 58.7. The van der Waals surface area contributed by atoms with Crippen LogP contribution in [0.25, 0.3) is 0 Å². The molecule has 0 heterocycles. The summed E-state index contributed by atoms with van der Waals surface area (Å²) in [6, 6.07) is -0.822. The fourth-order valence-electron chi connectivity index (χ4n) is 9.05. The molecule has 0 aliphatic carbocycles. The average molecular weight is 1150 g/mol. The molecule has 0 bridgehead atoms. The zero-order valence-electron chi connectivity index (χ0n) is 52.9. The van der Waals surface area contributed by atoms with E-state index >= 15 is 0 Å². The van der Waals surface area contributed by atoms with E-state index in [-0.39, 0.29) is 19.1 Å². The minimum Gasteiger partial charge on any atom is -0.756 e. The minimum atomic E-state index is -4.59. The van der Waals surface area contributed by atoms with E-state index in [0.717, 1.165) is 128 Å². The topological polar surface area (TPSA) is 108 Å². The number of phosphoric acid groups is 1. The third-order valence-electron chi connectivity index (χ3n) is 14.2. The van der Waals surface area contributed by atoms with E-state index in [9.17, 15) is 19.4 Å². The van der Waals surface area contributed by atoms with Crippen LogP contribution in [0.5, 0.6) is 0 Å². The molecule has 3 unspecified atom stereocenters. The molecule has 0 radical (unpaired) electrons. The van der Waals surface area contributed by atoms with Gasteiger partial charge in [-0.2, -0.15) is 0 Å². The van der Waals surface area contributed by atoms with Gasteiger partial charge in [-0.05, 0) is 96.3 Å². The molecule has 0 spiro atoms. The Labute approximate surface area is 500 Å². The van der Waals surface area contributed by atoms with E-state index < -0.39 is 20.0 Å². The van der Waals surface area contributed by atoms with Crippen molar-refractivity contribution in [2.75, 3.05) is 40.9 Å². The van der Waals surface area contributed by atoms with Gasteiger partial charge >= 0.3 is 0 Å². The minimum absolute atomic E-state index is 0.00168. The van der Waals surface area contributed by atoms with Gasteiger partial charge in [0.2, 0.25) is 5.91 Å². The third-order valence-corrected chi connectivity index (χ3v) is 15.1. The van der Waals surface area contributed by atoms with Gasteiger partial charge in [0, 0.05) is 6.42 Å². The fourth-order valence-corrected chi connectivity index (χ4v) is 9.77. The van der Waals surface area contributed by atoms with E-state index in [1.807, 2.05) is 21.1 Å². The van der Waals surface area contributed by atoms with Gasteiger partial charge in [0.05, 0.1) is 39.9 Å². The number of unbranched alkanes of at least 4 members (excludes halogenated alkanes) is 24. The molecule has 81 heavy (non-hydrogen) atoms. The molecule has 0 aromatic carbocycles. The summed E-state index contributed by atoms with van der Waals surface area (Å²) < 4.78 is 23.5. The van der Waals surface area contributed by atoms with Crippen LogP contribution >= 0.6 is 7.82 Å². The number of aliphatic hydroxyl groups is 1. The molecule has 1 amide bonds. The van der Waals surface area contributed by atoms with E-state index in [1.165, 1.54) is 109 Å². The molecule has 2 N–H and O–H groups in total. The molecule has 0 aromatic rings. The van der Waals surface area contributed by atoms with Crippen molar-refractivity contribution in [3.63, 3.8) is 0 Å². The number of amides is 1. The summed E-state index contributed by atoms with van der Waals surface area (Å²) in [6.07, 6.45) is 92.2. The lowest BCUT2D eigenvalue weighted by Gasteiger charge is -2.30. The van der Waals surface area contributed by atoms with Crippen LogP contribution in [-0.2, 0) is 18.4 Å². The molecule has 0 aliphatic heterocycles. The van der Waals surface area contributed by atoms with Crippen molar-refractivity contribution in [3.05, 3.63) is 134 Å². The zero-order chi connectivity index (χ0) is 59.1. The van der Waals surface area contributed by atoms with Crippen molar-refractivity contribution in [1.29, 1.82) is 0 Å². The number of quaternary nitrogens is 1. The SMILES string of the molecule is CC/C=C\C/C=C\C/C=C\C/C=C\C/C=C\C/C=C\C/C=C\C/C=C\C/C=C\C/C=C\C/C=C\CCCCCCCC(=O)NC(COP(=O)([O-])OCC[N+](C)(C)C)C(O)CCCCCCCCCCCCCCCCCCCCCC. The highest BCUT2D eigenvalue weighted by molar-refractivity contribution is 7.45. The van der Waals surface area contributed by atoms with Crippen LogP contribution in [0.15, 0.2) is 134 Å². The second kappa shape index (κ2) is 61.2. The summed E-state index contributed by atoms with van der Waals surface area (Å²) in [5.74, 6) is -0.187. The second-order valence-electron chi connectivity index (χ2n) is 23.1. The normalized spacial score (nSPS) is 14.6. The number of hydrogen-bond acceptors (Lipinski definition) is 6. The van der Waals surface area contributed by atoms with Gasteiger partial charge in [0.15, 0.2) is 0 Å². The molecule has 0 fully saturated rings. The van der Waals surface area contributed by atoms with Gasteiger partial charge in [-0.15, -0.1) is 0 Å². The van der Waals surface area contributed by atoms with Crippen molar-refractivity contribution in [2.24, 2.45) is 0 Å². The number of allylic oxidation sites excluding steroid dienone is 22. The van der Waals surface area contributed by atoms with E-state index in [4.69, 9.17) is 9.05 Å². The Morgan fingerprint density at radius 1 is 0.444 bits per heavy atom. The van der Waals surface area contributed by atoms with Gasteiger partial charge in [0.25, 0.3) is 7.82 Å². The molecule has 3 atom stereocenters. The molecule has 8 nitrogen and oxygen atoms in total. The highest BCUT2D eigenvalue weighted by Crippen LogP contribution is 2.38. The summed E-state index contributed by atoms with van der Waals surface area (Å²) in [7, 11) is 1.28. The van der Waals surface area contributed by atoms with E-state index in [0.29, 0.717) is 23.9 Å². The number of nitrogens with one attached hydrogen (secondary N) is 1. The lowest BCUT2D eigenvalue weighted by atomic mass is 10.0. The summed E-state index contributed by atoms with van der Waals surface area (Å²) >= 11 is 0. The Hall–Kier alpha value is -3.36. The van der Waals surface area contributed by atoms with Crippen molar-refractivity contribution in [2.45, 2.75) is 276 Å². The maximum absolute atomic E-state index is 13.0. The van der Waals surface area contributed by atoms with Gasteiger partial charge in [-0.3, -0.25) is 9.36 Å². The number of likely N-dealkylation sites (N-methyl/N-ethyl adjacent to an activating group) is 1. The third kappa shape index (κ3) is 64.1. The summed E-state index contributed by atoms with van der Waals surface area (Å²) in [6.45, 7) is 4.60. The number of carbonyl (C=O) groups is 1. The van der Waals surface area contributed by atoms with Crippen LogP contribution in [0.1, 0.15) is 264 Å². The quantitative estimate of drug-likeness (QED) is 0.0272. The molecule has 0 saturated carbocycles. The van der Waals surface area contributed by atoms with Crippen molar-refractivity contribution in [3.8, 4) is 0 Å². The number of rotatable bonds is 59. The maximum Gasteiger partial charge on any atom is 0.268 e. The Bertz CT molecular complexity index is 1780. The zero-order valence-corrected chi connectivity index (χ0v) is 53.8.